The third-order valence-corrected chi connectivity index (χ3v) is 3.31. The molecule has 2 amide bonds. The highest BCUT2D eigenvalue weighted by atomic mass is 16.3. The molecule has 1 aromatic carbocycles. The summed E-state index contributed by atoms with van der Waals surface area (Å²) in [7, 11) is 0. The van der Waals surface area contributed by atoms with Gasteiger partial charge < -0.3 is 19.5 Å². The number of benzene rings is 1. The van der Waals surface area contributed by atoms with Crippen molar-refractivity contribution in [1.29, 1.82) is 0 Å². The van der Waals surface area contributed by atoms with Crippen molar-refractivity contribution in [3.8, 4) is 0 Å². The van der Waals surface area contributed by atoms with Gasteiger partial charge in [-0.05, 0) is 24.3 Å². The first-order valence-electron chi connectivity index (χ1n) is 7.23. The zero-order valence-corrected chi connectivity index (χ0v) is 12.6. The molecule has 2 heterocycles. The van der Waals surface area contributed by atoms with Gasteiger partial charge in [0.05, 0.1) is 24.7 Å². The molecule has 0 aliphatic carbocycles. The monoisotopic (exact) mass is 326 g/mol. The summed E-state index contributed by atoms with van der Waals surface area (Å²) in [6.07, 6.45) is 1.50. The Bertz CT molecular complexity index is 928. The molecule has 0 bridgehead atoms. The highest BCUT2D eigenvalue weighted by molar-refractivity contribution is 5.95. The molecule has 0 saturated heterocycles. The van der Waals surface area contributed by atoms with Gasteiger partial charge in [0.15, 0.2) is 11.2 Å². The van der Waals surface area contributed by atoms with Gasteiger partial charge in [-0.2, -0.15) is 0 Å². The SMILES string of the molecule is O=C(CNC(=O)c1cc(=O)c2ccccc2o1)NCc1ccco1. The van der Waals surface area contributed by atoms with Crippen molar-refractivity contribution in [2.75, 3.05) is 6.54 Å². The van der Waals surface area contributed by atoms with Crippen LogP contribution in [0.2, 0.25) is 0 Å². The molecule has 0 unspecified atom stereocenters. The van der Waals surface area contributed by atoms with Gasteiger partial charge in [0.1, 0.15) is 11.3 Å². The lowest BCUT2D eigenvalue weighted by Gasteiger charge is -2.06. The van der Waals surface area contributed by atoms with Crippen LogP contribution in [-0.2, 0) is 11.3 Å². The van der Waals surface area contributed by atoms with Gasteiger partial charge in [0, 0.05) is 6.07 Å². The highest BCUT2D eigenvalue weighted by Crippen LogP contribution is 2.11. The number of rotatable bonds is 5. The quantitative estimate of drug-likeness (QED) is 0.738. The van der Waals surface area contributed by atoms with E-state index < -0.39 is 5.91 Å². The third-order valence-electron chi connectivity index (χ3n) is 3.31. The molecular weight excluding hydrogens is 312 g/mol. The van der Waals surface area contributed by atoms with Gasteiger partial charge >= 0.3 is 0 Å². The Kier molecular flexibility index (Phi) is 4.42. The summed E-state index contributed by atoms with van der Waals surface area (Å²) >= 11 is 0. The minimum atomic E-state index is -0.633. The molecule has 122 valence electrons. The van der Waals surface area contributed by atoms with Gasteiger partial charge in [-0.1, -0.05) is 12.1 Å². The standard InChI is InChI=1S/C17H14N2O5/c20-13-8-15(24-14-6-2-1-5-12(13)14)17(22)19-10-16(21)18-9-11-4-3-7-23-11/h1-8H,9-10H2,(H,18,21)(H,19,22). The van der Waals surface area contributed by atoms with Crippen LogP contribution in [-0.4, -0.2) is 18.4 Å². The second-order valence-corrected chi connectivity index (χ2v) is 5.01. The van der Waals surface area contributed by atoms with Crippen LogP contribution in [0.5, 0.6) is 0 Å². The lowest BCUT2D eigenvalue weighted by molar-refractivity contribution is -0.120. The lowest BCUT2D eigenvalue weighted by Crippen LogP contribution is -2.36. The predicted octanol–water partition coefficient (Wildman–Crippen LogP) is 1.43. The number of hydrogen-bond acceptors (Lipinski definition) is 5. The molecule has 24 heavy (non-hydrogen) atoms. The number of carbonyl (C=O) groups excluding carboxylic acids is 2. The number of furan rings is 1. The van der Waals surface area contributed by atoms with Crippen LogP contribution in [0, 0.1) is 0 Å². The first kappa shape index (κ1) is 15.5. The Morgan fingerprint density at radius 3 is 2.67 bits per heavy atom. The molecular formula is C17H14N2O5. The highest BCUT2D eigenvalue weighted by Gasteiger charge is 2.13. The maximum absolute atomic E-state index is 12.0. The molecule has 0 atom stereocenters. The number of nitrogens with one attached hydrogen (secondary N) is 2. The summed E-state index contributed by atoms with van der Waals surface area (Å²) in [6, 6.07) is 11.2. The van der Waals surface area contributed by atoms with E-state index in [0.717, 1.165) is 6.07 Å². The molecule has 0 radical (unpaired) electrons. The first-order chi connectivity index (χ1) is 11.6. The molecule has 0 aliphatic rings. The Morgan fingerprint density at radius 2 is 1.88 bits per heavy atom. The van der Waals surface area contributed by atoms with E-state index in [4.69, 9.17) is 8.83 Å². The second kappa shape index (κ2) is 6.82. The van der Waals surface area contributed by atoms with Crippen LogP contribution in [0.3, 0.4) is 0 Å². The number of amides is 2. The number of para-hydroxylation sites is 1. The fourth-order valence-electron chi connectivity index (χ4n) is 2.12. The van der Waals surface area contributed by atoms with Crippen molar-refractivity contribution in [2.24, 2.45) is 0 Å². The summed E-state index contributed by atoms with van der Waals surface area (Å²) in [6.45, 7) is -0.0111. The molecule has 0 spiro atoms. The number of hydrogen-bond donors (Lipinski definition) is 2. The predicted molar refractivity (Wildman–Crippen MR) is 85.4 cm³/mol. The Hall–Kier alpha value is -3.35. The molecule has 7 heteroatoms. The summed E-state index contributed by atoms with van der Waals surface area (Å²) in [5, 5.41) is 5.39. The van der Waals surface area contributed by atoms with Gasteiger partial charge in [0.2, 0.25) is 5.91 Å². The van der Waals surface area contributed by atoms with Crippen molar-refractivity contribution in [2.45, 2.75) is 6.54 Å². The largest absolute Gasteiger partial charge is 0.467 e. The van der Waals surface area contributed by atoms with E-state index >= 15 is 0 Å². The smallest absolute Gasteiger partial charge is 0.287 e. The fraction of sp³-hybridized carbons (Fsp3) is 0.118. The van der Waals surface area contributed by atoms with Crippen molar-refractivity contribution in [3.05, 3.63) is 70.5 Å². The van der Waals surface area contributed by atoms with Crippen LogP contribution in [0.25, 0.3) is 11.0 Å². The lowest BCUT2D eigenvalue weighted by atomic mass is 10.2. The van der Waals surface area contributed by atoms with E-state index in [1.54, 1.807) is 36.4 Å². The van der Waals surface area contributed by atoms with E-state index in [2.05, 4.69) is 10.6 Å². The Labute approximate surface area is 136 Å². The molecule has 7 nitrogen and oxygen atoms in total. The van der Waals surface area contributed by atoms with Crippen LogP contribution in [0.4, 0.5) is 0 Å². The molecule has 0 saturated carbocycles. The van der Waals surface area contributed by atoms with Crippen molar-refractivity contribution < 1.29 is 18.4 Å². The van der Waals surface area contributed by atoms with Gasteiger partial charge in [-0.3, -0.25) is 14.4 Å². The zero-order chi connectivity index (χ0) is 16.9. The van der Waals surface area contributed by atoms with Crippen LogP contribution < -0.4 is 16.1 Å². The summed E-state index contributed by atoms with van der Waals surface area (Å²) < 4.78 is 10.5. The average Bonchev–Trinajstić information content (AvgIpc) is 3.11. The van der Waals surface area contributed by atoms with Gasteiger partial charge in [0.25, 0.3) is 5.91 Å². The number of carbonyl (C=O) groups is 2. The topological polar surface area (TPSA) is 102 Å². The second-order valence-electron chi connectivity index (χ2n) is 5.01. The minimum Gasteiger partial charge on any atom is -0.467 e. The molecule has 2 aromatic heterocycles. The fourth-order valence-corrected chi connectivity index (χ4v) is 2.12. The number of fused-ring (bicyclic) bond motifs is 1. The van der Waals surface area contributed by atoms with Crippen LogP contribution in [0.1, 0.15) is 16.3 Å². The average molecular weight is 326 g/mol. The van der Waals surface area contributed by atoms with Crippen LogP contribution >= 0.6 is 0 Å². The zero-order valence-electron chi connectivity index (χ0n) is 12.6. The molecule has 3 aromatic rings. The molecule has 0 fully saturated rings. The third kappa shape index (κ3) is 3.52. The van der Waals surface area contributed by atoms with Gasteiger partial charge in [-0.15, -0.1) is 0 Å². The summed E-state index contributed by atoms with van der Waals surface area (Å²) in [5.74, 6) is -0.554. The molecule has 2 N–H and O–H groups in total. The molecule has 0 aliphatic heterocycles. The maximum atomic E-state index is 12.0. The van der Waals surface area contributed by atoms with Crippen LogP contribution in [0.15, 0.2) is 62.4 Å². The minimum absolute atomic E-state index is 0.141. The van der Waals surface area contributed by atoms with Crippen molar-refractivity contribution >= 4 is 22.8 Å². The summed E-state index contributed by atoms with van der Waals surface area (Å²) in [5.41, 5.74) is 0.00157. The Balaban J connectivity index is 1.60. The normalized spacial score (nSPS) is 10.5. The van der Waals surface area contributed by atoms with Crippen molar-refractivity contribution in [3.63, 3.8) is 0 Å². The van der Waals surface area contributed by atoms with E-state index in [-0.39, 0.29) is 30.2 Å². The van der Waals surface area contributed by atoms with E-state index in [1.807, 2.05) is 0 Å². The Morgan fingerprint density at radius 1 is 1.04 bits per heavy atom. The van der Waals surface area contributed by atoms with Gasteiger partial charge in [-0.25, -0.2) is 0 Å². The molecule has 3 rings (SSSR count). The van der Waals surface area contributed by atoms with E-state index in [9.17, 15) is 14.4 Å². The maximum Gasteiger partial charge on any atom is 0.287 e. The van der Waals surface area contributed by atoms with E-state index in [1.165, 1.54) is 6.26 Å². The first-order valence-corrected chi connectivity index (χ1v) is 7.23. The van der Waals surface area contributed by atoms with Crippen molar-refractivity contribution in [1.82, 2.24) is 10.6 Å². The van der Waals surface area contributed by atoms with E-state index in [0.29, 0.717) is 16.7 Å². The summed E-state index contributed by atoms with van der Waals surface area (Å²) in [4.78, 5) is 35.7.